The first-order valence-corrected chi connectivity index (χ1v) is 10.9. The van der Waals surface area contributed by atoms with Gasteiger partial charge in [-0.05, 0) is 25.8 Å². The number of aryl methyl sites for hydroxylation is 1. The van der Waals surface area contributed by atoms with E-state index in [2.05, 4.69) is 14.9 Å². The first-order valence-electron chi connectivity index (χ1n) is 8.55. The van der Waals surface area contributed by atoms with Gasteiger partial charge in [-0.3, -0.25) is 0 Å². The van der Waals surface area contributed by atoms with Gasteiger partial charge >= 0.3 is 0 Å². The van der Waals surface area contributed by atoms with E-state index in [9.17, 15) is 8.42 Å². The number of thiophene rings is 1. The molecule has 1 aliphatic carbocycles. The van der Waals surface area contributed by atoms with Gasteiger partial charge in [-0.1, -0.05) is 48.3 Å². The molecule has 0 radical (unpaired) electrons. The van der Waals surface area contributed by atoms with Crippen LogP contribution >= 0.6 is 11.3 Å². The molecule has 1 aromatic carbocycles. The minimum absolute atomic E-state index is 0.0378. The maximum Gasteiger partial charge on any atom is 0.268 e. The molecule has 1 fully saturated rings. The highest BCUT2D eigenvalue weighted by atomic mass is 32.2. The lowest BCUT2D eigenvalue weighted by Gasteiger charge is -2.11. The van der Waals surface area contributed by atoms with Crippen molar-refractivity contribution in [2.24, 2.45) is 0 Å². The van der Waals surface area contributed by atoms with Gasteiger partial charge in [0.25, 0.3) is 5.89 Å². The second-order valence-electron chi connectivity index (χ2n) is 6.42. The molecular weight excluding hydrogens is 370 g/mol. The van der Waals surface area contributed by atoms with Crippen molar-refractivity contribution in [3.8, 4) is 22.2 Å². The minimum atomic E-state index is -3.54. The highest BCUT2D eigenvalue weighted by Crippen LogP contribution is 2.34. The van der Waals surface area contributed by atoms with Crippen molar-refractivity contribution in [1.29, 1.82) is 0 Å². The van der Waals surface area contributed by atoms with Gasteiger partial charge in [-0.2, -0.15) is 4.98 Å². The summed E-state index contributed by atoms with van der Waals surface area (Å²) < 4.78 is 33.6. The standard InChI is InChI=1S/C18H19N3O3S2/c1-12-16(26(22,23)21-14-9-5-6-10-14)11-15(25-12)18-19-17(20-24-18)13-7-3-2-4-8-13/h2-4,7-8,11,14,21H,5-6,9-10H2,1H3. The second-order valence-corrected chi connectivity index (χ2v) is 9.36. The van der Waals surface area contributed by atoms with Crippen LogP contribution < -0.4 is 4.72 Å². The van der Waals surface area contributed by atoms with Crippen LogP contribution in [0.15, 0.2) is 45.8 Å². The van der Waals surface area contributed by atoms with E-state index in [0.717, 1.165) is 31.2 Å². The average molecular weight is 390 g/mol. The molecule has 0 amide bonds. The van der Waals surface area contributed by atoms with Crippen LogP contribution in [-0.4, -0.2) is 24.6 Å². The van der Waals surface area contributed by atoms with Crippen LogP contribution in [0.3, 0.4) is 0 Å². The fourth-order valence-electron chi connectivity index (χ4n) is 3.19. The smallest absolute Gasteiger partial charge is 0.268 e. The van der Waals surface area contributed by atoms with Crippen LogP contribution in [0.2, 0.25) is 0 Å². The average Bonchev–Trinajstić information content (AvgIpc) is 3.35. The van der Waals surface area contributed by atoms with Crippen molar-refractivity contribution >= 4 is 21.4 Å². The van der Waals surface area contributed by atoms with E-state index in [0.29, 0.717) is 26.4 Å². The molecule has 1 aliphatic rings. The molecule has 0 bridgehead atoms. The molecule has 0 atom stereocenters. The third-order valence-corrected chi connectivity index (χ3v) is 7.32. The Kier molecular flexibility index (Phi) is 4.64. The number of aromatic nitrogens is 2. The van der Waals surface area contributed by atoms with Crippen LogP contribution in [-0.2, 0) is 10.0 Å². The predicted molar refractivity (Wildman–Crippen MR) is 100 cm³/mol. The maximum absolute atomic E-state index is 12.7. The fraction of sp³-hybridized carbons (Fsp3) is 0.333. The number of nitrogens with one attached hydrogen (secondary N) is 1. The van der Waals surface area contributed by atoms with E-state index in [1.165, 1.54) is 11.3 Å². The first kappa shape index (κ1) is 17.4. The lowest BCUT2D eigenvalue weighted by molar-refractivity contribution is 0.433. The number of hydrogen-bond acceptors (Lipinski definition) is 6. The van der Waals surface area contributed by atoms with E-state index in [-0.39, 0.29) is 6.04 Å². The molecule has 0 saturated heterocycles. The summed E-state index contributed by atoms with van der Waals surface area (Å²) in [4.78, 5) is 6.07. The van der Waals surface area contributed by atoms with Crippen LogP contribution in [0.4, 0.5) is 0 Å². The van der Waals surface area contributed by atoms with E-state index in [1.54, 1.807) is 13.0 Å². The highest BCUT2D eigenvalue weighted by Gasteiger charge is 2.27. The summed E-state index contributed by atoms with van der Waals surface area (Å²) in [6.07, 6.45) is 3.95. The molecule has 0 spiro atoms. The van der Waals surface area contributed by atoms with Gasteiger partial charge in [0.1, 0.15) is 0 Å². The van der Waals surface area contributed by atoms with Crippen LogP contribution in [0.25, 0.3) is 22.2 Å². The Morgan fingerprint density at radius 3 is 2.65 bits per heavy atom. The number of benzene rings is 1. The molecule has 136 valence electrons. The third kappa shape index (κ3) is 3.44. The van der Waals surface area contributed by atoms with Crippen LogP contribution in [0, 0.1) is 6.92 Å². The Balaban J connectivity index is 1.61. The summed E-state index contributed by atoms with van der Waals surface area (Å²) >= 11 is 1.35. The molecule has 1 N–H and O–H groups in total. The Morgan fingerprint density at radius 2 is 1.92 bits per heavy atom. The van der Waals surface area contributed by atoms with Crippen LogP contribution in [0.5, 0.6) is 0 Å². The molecule has 2 aromatic heterocycles. The molecule has 8 heteroatoms. The van der Waals surface area contributed by atoms with Crippen molar-refractivity contribution in [2.45, 2.75) is 43.5 Å². The molecule has 0 aliphatic heterocycles. The molecule has 26 heavy (non-hydrogen) atoms. The Bertz CT molecular complexity index is 1000. The summed E-state index contributed by atoms with van der Waals surface area (Å²) in [7, 11) is -3.54. The normalized spacial score (nSPS) is 15.6. The molecule has 1 saturated carbocycles. The van der Waals surface area contributed by atoms with E-state index >= 15 is 0 Å². The number of nitrogens with zero attached hydrogens (tertiary/aromatic N) is 2. The van der Waals surface area contributed by atoms with Gasteiger partial charge in [0.2, 0.25) is 15.8 Å². The Labute approximate surface area is 156 Å². The van der Waals surface area contributed by atoms with Gasteiger partial charge in [0, 0.05) is 16.5 Å². The summed E-state index contributed by atoms with van der Waals surface area (Å²) in [5.41, 5.74) is 0.853. The highest BCUT2D eigenvalue weighted by molar-refractivity contribution is 7.89. The van der Waals surface area contributed by atoms with Crippen molar-refractivity contribution in [1.82, 2.24) is 14.9 Å². The van der Waals surface area contributed by atoms with Gasteiger partial charge in [-0.25, -0.2) is 13.1 Å². The van der Waals surface area contributed by atoms with Crippen LogP contribution in [0.1, 0.15) is 30.6 Å². The van der Waals surface area contributed by atoms with Gasteiger partial charge < -0.3 is 4.52 Å². The molecule has 3 aromatic rings. The Hall–Kier alpha value is -2.03. The zero-order valence-corrected chi connectivity index (χ0v) is 15.9. The van der Waals surface area contributed by atoms with Crippen molar-refractivity contribution < 1.29 is 12.9 Å². The molecule has 0 unspecified atom stereocenters. The number of rotatable bonds is 5. The van der Waals surface area contributed by atoms with E-state index in [4.69, 9.17) is 4.52 Å². The lowest BCUT2D eigenvalue weighted by Crippen LogP contribution is -2.32. The largest absolute Gasteiger partial charge is 0.333 e. The monoisotopic (exact) mass is 389 g/mol. The lowest BCUT2D eigenvalue weighted by atomic mass is 10.2. The van der Waals surface area contributed by atoms with E-state index in [1.807, 2.05) is 30.3 Å². The molecular formula is C18H19N3O3S2. The van der Waals surface area contributed by atoms with Gasteiger partial charge in [-0.15, -0.1) is 11.3 Å². The van der Waals surface area contributed by atoms with Crippen molar-refractivity contribution in [3.05, 3.63) is 41.3 Å². The summed E-state index contributed by atoms with van der Waals surface area (Å²) in [6.45, 7) is 1.80. The predicted octanol–water partition coefficient (Wildman–Crippen LogP) is 3.99. The van der Waals surface area contributed by atoms with Crippen molar-refractivity contribution in [3.63, 3.8) is 0 Å². The molecule has 2 heterocycles. The zero-order valence-electron chi connectivity index (χ0n) is 14.3. The number of sulfonamides is 1. The summed E-state index contributed by atoms with van der Waals surface area (Å²) in [5.74, 6) is 0.819. The Morgan fingerprint density at radius 1 is 1.19 bits per heavy atom. The van der Waals surface area contributed by atoms with E-state index < -0.39 is 10.0 Å². The zero-order chi connectivity index (χ0) is 18.1. The quantitative estimate of drug-likeness (QED) is 0.713. The summed E-state index contributed by atoms with van der Waals surface area (Å²) in [5, 5.41) is 4.00. The van der Waals surface area contributed by atoms with Gasteiger partial charge in [0.15, 0.2) is 0 Å². The molecule has 6 nitrogen and oxygen atoms in total. The number of hydrogen-bond donors (Lipinski definition) is 1. The topological polar surface area (TPSA) is 85.1 Å². The second kappa shape index (κ2) is 6.94. The SMILES string of the molecule is Cc1sc(-c2nc(-c3ccccc3)no2)cc1S(=O)(=O)NC1CCCC1. The maximum atomic E-state index is 12.7. The fourth-order valence-corrected chi connectivity index (χ4v) is 6.01. The third-order valence-electron chi connectivity index (χ3n) is 4.51. The van der Waals surface area contributed by atoms with Gasteiger partial charge in [0.05, 0.1) is 9.77 Å². The van der Waals surface area contributed by atoms with Crippen molar-refractivity contribution in [2.75, 3.05) is 0 Å². The molecule has 4 rings (SSSR count). The minimum Gasteiger partial charge on any atom is -0.333 e. The first-order chi connectivity index (χ1) is 12.5. The summed E-state index contributed by atoms with van der Waals surface area (Å²) in [6, 6.07) is 11.2.